The Morgan fingerprint density at radius 1 is 1.33 bits per heavy atom. The van der Waals surface area contributed by atoms with Crippen molar-refractivity contribution in [1.82, 2.24) is 9.97 Å². The first kappa shape index (κ1) is 13.3. The molecule has 0 atom stereocenters. The Kier molecular flexibility index (Phi) is 4.96. The van der Waals surface area contributed by atoms with Gasteiger partial charge in [0.2, 0.25) is 0 Å². The van der Waals surface area contributed by atoms with Crippen LogP contribution in [0.4, 0.5) is 5.13 Å². The second-order valence-electron chi connectivity index (χ2n) is 3.94. The molecule has 96 valence electrons. The molecule has 0 spiro atoms. The van der Waals surface area contributed by atoms with Gasteiger partial charge in [0.15, 0.2) is 5.13 Å². The van der Waals surface area contributed by atoms with E-state index in [0.29, 0.717) is 5.88 Å². The van der Waals surface area contributed by atoms with E-state index < -0.39 is 0 Å². The van der Waals surface area contributed by atoms with Crippen molar-refractivity contribution in [1.29, 1.82) is 0 Å². The van der Waals surface area contributed by atoms with Crippen molar-refractivity contribution in [3.8, 4) is 0 Å². The van der Waals surface area contributed by atoms with Gasteiger partial charge in [-0.1, -0.05) is 0 Å². The van der Waals surface area contributed by atoms with Crippen molar-refractivity contribution in [2.24, 2.45) is 0 Å². The third-order valence-electron chi connectivity index (χ3n) is 2.75. The number of halogens is 1. The van der Waals surface area contributed by atoms with E-state index in [0.717, 1.165) is 30.3 Å². The fourth-order valence-corrected chi connectivity index (χ4v) is 2.85. The van der Waals surface area contributed by atoms with Crippen LogP contribution in [0.1, 0.15) is 18.2 Å². The van der Waals surface area contributed by atoms with Gasteiger partial charge in [-0.3, -0.25) is 4.98 Å². The molecule has 0 bridgehead atoms. The molecule has 3 nitrogen and oxygen atoms in total. The quantitative estimate of drug-likeness (QED) is 0.761. The van der Waals surface area contributed by atoms with Gasteiger partial charge in [0.05, 0.1) is 11.6 Å². The Balaban J connectivity index is 1.97. The normalized spacial score (nSPS) is 10.6. The second-order valence-corrected chi connectivity index (χ2v) is 5.04. The number of aromatic nitrogens is 2. The first-order valence-corrected chi connectivity index (χ1v) is 7.39. The summed E-state index contributed by atoms with van der Waals surface area (Å²) in [6.07, 6.45) is 4.67. The molecular weight excluding hydrogens is 266 g/mol. The van der Waals surface area contributed by atoms with E-state index in [4.69, 9.17) is 11.6 Å². The molecule has 0 aliphatic rings. The van der Waals surface area contributed by atoms with Gasteiger partial charge in [-0.25, -0.2) is 4.98 Å². The van der Waals surface area contributed by atoms with Crippen LogP contribution < -0.4 is 4.90 Å². The number of pyridine rings is 1. The summed E-state index contributed by atoms with van der Waals surface area (Å²) in [4.78, 5) is 10.8. The Morgan fingerprint density at radius 2 is 2.11 bits per heavy atom. The molecule has 5 heteroatoms. The summed E-state index contributed by atoms with van der Waals surface area (Å²) in [5.74, 6) is 0.485. The lowest BCUT2D eigenvalue weighted by Crippen LogP contribution is -2.25. The van der Waals surface area contributed by atoms with Gasteiger partial charge >= 0.3 is 0 Å². The zero-order chi connectivity index (χ0) is 12.8. The minimum absolute atomic E-state index is 0.485. The van der Waals surface area contributed by atoms with E-state index >= 15 is 0 Å². The highest BCUT2D eigenvalue weighted by Gasteiger charge is 2.09. The number of anilines is 1. The van der Waals surface area contributed by atoms with E-state index in [-0.39, 0.29) is 0 Å². The van der Waals surface area contributed by atoms with Crippen LogP contribution in [-0.2, 0) is 12.3 Å². The van der Waals surface area contributed by atoms with Crippen molar-refractivity contribution in [2.45, 2.75) is 19.2 Å². The maximum atomic E-state index is 5.78. The van der Waals surface area contributed by atoms with Crippen LogP contribution in [0.25, 0.3) is 0 Å². The van der Waals surface area contributed by atoms with Crippen LogP contribution >= 0.6 is 22.9 Å². The molecule has 18 heavy (non-hydrogen) atoms. The topological polar surface area (TPSA) is 29.0 Å². The minimum atomic E-state index is 0.485. The van der Waals surface area contributed by atoms with Crippen LogP contribution in [0.15, 0.2) is 29.9 Å². The third kappa shape index (κ3) is 3.43. The van der Waals surface area contributed by atoms with Crippen LogP contribution in [-0.4, -0.2) is 23.1 Å². The van der Waals surface area contributed by atoms with Crippen LogP contribution in [0.3, 0.4) is 0 Å². The molecule has 0 unspecified atom stereocenters. The molecule has 0 amide bonds. The maximum Gasteiger partial charge on any atom is 0.185 e. The van der Waals surface area contributed by atoms with Crippen molar-refractivity contribution in [2.75, 3.05) is 18.0 Å². The summed E-state index contributed by atoms with van der Waals surface area (Å²) in [5.41, 5.74) is 2.26. The summed E-state index contributed by atoms with van der Waals surface area (Å²) >= 11 is 7.44. The number of hydrogen-bond donors (Lipinski definition) is 0. The van der Waals surface area contributed by atoms with Gasteiger partial charge in [0, 0.05) is 30.9 Å². The zero-order valence-corrected chi connectivity index (χ0v) is 11.9. The average Bonchev–Trinajstić information content (AvgIpc) is 2.89. The number of nitrogens with zero attached hydrogens (tertiary/aromatic N) is 3. The SMILES string of the molecule is CCN(CCc1ccncc1)c1nc(CCl)cs1. The number of likely N-dealkylation sites (N-methyl/N-ethyl adjacent to an activating group) is 1. The Bertz CT molecular complexity index is 472. The highest BCUT2D eigenvalue weighted by atomic mass is 35.5. The van der Waals surface area contributed by atoms with E-state index in [2.05, 4.69) is 33.9 Å². The first-order chi connectivity index (χ1) is 8.83. The van der Waals surface area contributed by atoms with Crippen molar-refractivity contribution >= 4 is 28.1 Å². The predicted octanol–water partition coefficient (Wildman–Crippen LogP) is 3.35. The van der Waals surface area contributed by atoms with E-state index in [1.165, 1.54) is 5.56 Å². The standard InChI is InChI=1S/C13H16ClN3S/c1-2-17(13-16-12(9-14)10-18-13)8-5-11-3-6-15-7-4-11/h3-4,6-7,10H,2,5,8-9H2,1H3. The largest absolute Gasteiger partial charge is 0.348 e. The molecule has 0 radical (unpaired) electrons. The molecule has 0 aliphatic carbocycles. The Hall–Kier alpha value is -1.13. The van der Waals surface area contributed by atoms with Gasteiger partial charge in [0.1, 0.15) is 0 Å². The fourth-order valence-electron chi connectivity index (χ4n) is 1.71. The molecule has 0 N–H and O–H groups in total. The highest BCUT2D eigenvalue weighted by Crippen LogP contribution is 2.21. The summed E-state index contributed by atoms with van der Waals surface area (Å²) in [6, 6.07) is 4.11. The summed E-state index contributed by atoms with van der Waals surface area (Å²) in [7, 11) is 0. The first-order valence-electron chi connectivity index (χ1n) is 5.97. The van der Waals surface area contributed by atoms with Crippen LogP contribution in [0.5, 0.6) is 0 Å². The van der Waals surface area contributed by atoms with Crippen LogP contribution in [0.2, 0.25) is 0 Å². The fraction of sp³-hybridized carbons (Fsp3) is 0.385. The van der Waals surface area contributed by atoms with Gasteiger partial charge in [-0.2, -0.15) is 0 Å². The van der Waals surface area contributed by atoms with E-state index in [1.807, 2.05) is 17.8 Å². The molecule has 0 fully saturated rings. The lowest BCUT2D eigenvalue weighted by molar-refractivity contribution is 0.802. The molecule has 0 saturated carbocycles. The van der Waals surface area contributed by atoms with Gasteiger partial charge in [0.25, 0.3) is 0 Å². The number of hydrogen-bond acceptors (Lipinski definition) is 4. The minimum Gasteiger partial charge on any atom is -0.348 e. The highest BCUT2D eigenvalue weighted by molar-refractivity contribution is 7.13. The van der Waals surface area contributed by atoms with E-state index in [9.17, 15) is 0 Å². The van der Waals surface area contributed by atoms with Gasteiger partial charge < -0.3 is 4.90 Å². The van der Waals surface area contributed by atoms with Gasteiger partial charge in [-0.05, 0) is 31.0 Å². The molecule has 2 aromatic rings. The number of alkyl halides is 1. The van der Waals surface area contributed by atoms with Crippen molar-refractivity contribution in [3.05, 3.63) is 41.2 Å². The second kappa shape index (κ2) is 6.71. The number of rotatable bonds is 6. The molecular formula is C13H16ClN3S. The molecule has 2 heterocycles. The average molecular weight is 282 g/mol. The molecule has 2 rings (SSSR count). The lowest BCUT2D eigenvalue weighted by atomic mass is 10.2. The summed E-state index contributed by atoms with van der Waals surface area (Å²) < 4.78 is 0. The van der Waals surface area contributed by atoms with Crippen molar-refractivity contribution < 1.29 is 0 Å². The Labute approximate surface area is 116 Å². The smallest absolute Gasteiger partial charge is 0.185 e. The Morgan fingerprint density at radius 3 is 2.72 bits per heavy atom. The third-order valence-corrected chi connectivity index (χ3v) is 3.97. The molecule has 0 saturated heterocycles. The van der Waals surface area contributed by atoms with Crippen LogP contribution in [0, 0.1) is 0 Å². The monoisotopic (exact) mass is 281 g/mol. The summed E-state index contributed by atoms with van der Waals surface area (Å²) in [6.45, 7) is 4.07. The number of thiazole rings is 1. The lowest BCUT2D eigenvalue weighted by Gasteiger charge is -2.19. The van der Waals surface area contributed by atoms with E-state index in [1.54, 1.807) is 11.3 Å². The molecule has 2 aromatic heterocycles. The van der Waals surface area contributed by atoms with Gasteiger partial charge in [-0.15, -0.1) is 22.9 Å². The molecule has 0 aromatic carbocycles. The zero-order valence-electron chi connectivity index (χ0n) is 10.3. The predicted molar refractivity (Wildman–Crippen MR) is 77.5 cm³/mol. The summed E-state index contributed by atoms with van der Waals surface area (Å²) in [5, 5.41) is 3.08. The molecule has 0 aliphatic heterocycles. The van der Waals surface area contributed by atoms with Crippen molar-refractivity contribution in [3.63, 3.8) is 0 Å². The maximum absolute atomic E-state index is 5.78.